The minimum absolute atomic E-state index is 0.0211. The van der Waals surface area contributed by atoms with Crippen molar-refractivity contribution in [3.8, 4) is 5.75 Å². The molecule has 1 heterocycles. The van der Waals surface area contributed by atoms with E-state index in [0.29, 0.717) is 32.8 Å². The smallest absolute Gasteiger partial charge is 0.220 e. The molecule has 1 fully saturated rings. The van der Waals surface area contributed by atoms with E-state index in [9.17, 15) is 4.79 Å². The highest BCUT2D eigenvalue weighted by Gasteiger charge is 2.49. The summed E-state index contributed by atoms with van der Waals surface area (Å²) >= 11 is 0. The molecule has 0 radical (unpaired) electrons. The van der Waals surface area contributed by atoms with Crippen LogP contribution in [0.25, 0.3) is 0 Å². The van der Waals surface area contributed by atoms with Gasteiger partial charge >= 0.3 is 0 Å². The van der Waals surface area contributed by atoms with Crippen LogP contribution in [0.5, 0.6) is 5.75 Å². The Morgan fingerprint density at radius 3 is 1.33 bits per heavy atom. The third-order valence-electron chi connectivity index (χ3n) is 16.9. The number of carbonyl (C=O) groups is 1. The van der Waals surface area contributed by atoms with Crippen LogP contribution in [0.3, 0.4) is 0 Å². The van der Waals surface area contributed by atoms with Crippen LogP contribution < -0.4 is 10.1 Å². The lowest BCUT2D eigenvalue weighted by Crippen LogP contribution is -2.62. The van der Waals surface area contributed by atoms with Gasteiger partial charge in [0.05, 0.1) is 65.5 Å². The van der Waals surface area contributed by atoms with Gasteiger partial charge in [-0.1, -0.05) is 314 Å². The zero-order valence-corrected chi connectivity index (χ0v) is 54.5. The summed E-state index contributed by atoms with van der Waals surface area (Å²) in [7, 11) is 1.68. The molecule has 1 N–H and O–H groups in total. The monoisotopic (exact) mass is 1210 g/mol. The van der Waals surface area contributed by atoms with Crippen molar-refractivity contribution in [2.75, 3.05) is 20.3 Å². The average molecular weight is 1210 g/mol. The van der Waals surface area contributed by atoms with Crippen LogP contribution in [0.15, 0.2) is 158 Å². The highest BCUT2D eigenvalue weighted by molar-refractivity contribution is 5.76. The lowest BCUT2D eigenvalue weighted by Gasteiger charge is -2.46. The molecule has 0 saturated carbocycles. The van der Waals surface area contributed by atoms with Gasteiger partial charge in [-0.15, -0.1) is 0 Å². The van der Waals surface area contributed by atoms with E-state index in [1.807, 2.05) is 97.1 Å². The van der Waals surface area contributed by atoms with Gasteiger partial charge in [0, 0.05) is 6.42 Å². The number of allylic oxidation sites excluding steroid dienone is 1. The van der Waals surface area contributed by atoms with Gasteiger partial charge in [0.2, 0.25) is 5.91 Å². The van der Waals surface area contributed by atoms with Gasteiger partial charge in [0.25, 0.3) is 0 Å². The summed E-state index contributed by atoms with van der Waals surface area (Å²) in [4.78, 5) is 14.4. The molecule has 1 aliphatic heterocycles. The molecule has 5 aromatic rings. The molecule has 10 nitrogen and oxygen atoms in total. The third-order valence-corrected chi connectivity index (χ3v) is 16.9. The van der Waals surface area contributed by atoms with Crippen LogP contribution in [0, 0.1) is 0 Å². The van der Waals surface area contributed by atoms with Crippen LogP contribution in [0.2, 0.25) is 0 Å². The number of nitrogens with one attached hydrogen (secondary N) is 1. The summed E-state index contributed by atoms with van der Waals surface area (Å²) in [5.74, 6) is 0.760. The summed E-state index contributed by atoms with van der Waals surface area (Å²) in [5, 5.41) is 3.46. The first-order valence-electron chi connectivity index (χ1n) is 34.6. The lowest BCUT2D eigenvalue weighted by atomic mass is 9.97. The number of hydrogen-bond acceptors (Lipinski definition) is 9. The predicted molar refractivity (Wildman–Crippen MR) is 359 cm³/mol. The molecule has 6 rings (SSSR count). The van der Waals surface area contributed by atoms with E-state index in [1.165, 1.54) is 141 Å². The number of amides is 1. The van der Waals surface area contributed by atoms with Crippen molar-refractivity contribution in [2.24, 2.45) is 0 Å². The van der Waals surface area contributed by atoms with Gasteiger partial charge in [0.15, 0.2) is 6.29 Å². The van der Waals surface area contributed by atoms with Gasteiger partial charge in [-0.3, -0.25) is 4.79 Å². The second-order valence-electron chi connectivity index (χ2n) is 24.4. The zero-order chi connectivity index (χ0) is 61.6. The number of hydrogen-bond donors (Lipinski definition) is 1. The maximum atomic E-state index is 14.4. The normalized spacial score (nSPS) is 17.5. The molecule has 88 heavy (non-hydrogen) atoms. The predicted octanol–water partition coefficient (Wildman–Crippen LogP) is 19.3. The minimum atomic E-state index is -0.969. The van der Waals surface area contributed by atoms with E-state index in [1.54, 1.807) is 7.11 Å². The standard InChI is InChI=1S/C78H113NO9/c1-4-6-8-10-12-14-16-18-19-21-23-25-27-29-43-53-74(80)79-71(72(83-59-69-54-56-70(81-3)57-55-69)52-42-28-26-24-22-20-17-15-13-11-9-7-5-2)63-87-78-77(86-62-68-50-40-33-41-51-68)76(85-61-67-48-38-32-39-49-67)75(84-60-66-46-36-31-37-47-66)73(88-78)64-82-58-65-44-34-30-35-45-65/h30-42,44-52,54-57,71-73,75-78H,4-29,43,53,58-64H2,1-3H3,(H,79,80)/b52-42+/t71-,72+,73+,75+,76-,77+,78-/m0/s1. The van der Waals surface area contributed by atoms with Crippen LogP contribution in [0.1, 0.15) is 221 Å². The Morgan fingerprint density at radius 1 is 0.455 bits per heavy atom. The van der Waals surface area contributed by atoms with Gasteiger partial charge in [-0.05, 0) is 59.2 Å². The molecule has 0 aliphatic carbocycles. The largest absolute Gasteiger partial charge is 0.497 e. The van der Waals surface area contributed by atoms with E-state index in [-0.39, 0.29) is 25.7 Å². The van der Waals surface area contributed by atoms with Gasteiger partial charge < -0.3 is 43.2 Å². The third kappa shape index (κ3) is 30.6. The van der Waals surface area contributed by atoms with Gasteiger partial charge in [0.1, 0.15) is 30.2 Å². The van der Waals surface area contributed by atoms with Crippen LogP contribution >= 0.6 is 0 Å². The fourth-order valence-corrected chi connectivity index (χ4v) is 11.6. The highest BCUT2D eigenvalue weighted by Crippen LogP contribution is 2.32. The molecular formula is C78H113NO9. The summed E-state index contributed by atoms with van der Waals surface area (Å²) < 4.78 is 54.4. The van der Waals surface area contributed by atoms with E-state index < -0.39 is 42.9 Å². The number of ether oxygens (including phenoxy) is 8. The molecule has 1 saturated heterocycles. The fourth-order valence-electron chi connectivity index (χ4n) is 11.6. The van der Waals surface area contributed by atoms with Crippen LogP contribution in [0.4, 0.5) is 0 Å². The Labute approximate surface area is 532 Å². The Morgan fingerprint density at radius 2 is 0.864 bits per heavy atom. The van der Waals surface area contributed by atoms with Gasteiger partial charge in [-0.2, -0.15) is 0 Å². The highest BCUT2D eigenvalue weighted by atomic mass is 16.7. The molecule has 7 atom stereocenters. The van der Waals surface area contributed by atoms with Gasteiger partial charge in [-0.25, -0.2) is 0 Å². The number of unbranched alkanes of at least 4 members (excludes halogenated alkanes) is 25. The second kappa shape index (κ2) is 46.8. The second-order valence-corrected chi connectivity index (χ2v) is 24.4. The Kier molecular flexibility index (Phi) is 38.3. The first-order chi connectivity index (χ1) is 43.5. The van der Waals surface area contributed by atoms with Crippen molar-refractivity contribution in [1.29, 1.82) is 0 Å². The zero-order valence-electron chi connectivity index (χ0n) is 54.5. The molecule has 0 aromatic heterocycles. The molecule has 1 amide bonds. The summed E-state index contributed by atoms with van der Waals surface area (Å²) in [6.07, 6.45) is 34.7. The number of carbonyl (C=O) groups excluding carboxylic acids is 1. The summed E-state index contributed by atoms with van der Waals surface area (Å²) in [6, 6.07) is 48.1. The number of methoxy groups -OCH3 is 1. The maximum absolute atomic E-state index is 14.4. The fraction of sp³-hybridized carbons (Fsp3) is 0.577. The maximum Gasteiger partial charge on any atom is 0.220 e. The van der Waals surface area contributed by atoms with E-state index in [0.717, 1.165) is 65.7 Å². The quantitative estimate of drug-likeness (QED) is 0.0301. The Balaban J connectivity index is 1.23. The van der Waals surface area contributed by atoms with Crippen LogP contribution in [-0.2, 0) is 71.0 Å². The molecule has 0 unspecified atom stereocenters. The Hall–Kier alpha value is -5.17. The van der Waals surface area contributed by atoms with Crippen molar-refractivity contribution >= 4 is 5.91 Å². The number of benzene rings is 5. The van der Waals surface area contributed by atoms with E-state index in [4.69, 9.17) is 37.9 Å². The molecule has 1 aliphatic rings. The van der Waals surface area contributed by atoms with Crippen molar-refractivity contribution in [3.63, 3.8) is 0 Å². The van der Waals surface area contributed by atoms with E-state index >= 15 is 0 Å². The molecule has 0 spiro atoms. The average Bonchev–Trinajstić information content (AvgIpc) is 3.75. The molecule has 484 valence electrons. The van der Waals surface area contributed by atoms with Crippen molar-refractivity contribution in [1.82, 2.24) is 5.32 Å². The summed E-state index contributed by atoms with van der Waals surface area (Å²) in [6.45, 7) is 6.42. The van der Waals surface area contributed by atoms with Crippen molar-refractivity contribution in [2.45, 2.75) is 270 Å². The summed E-state index contributed by atoms with van der Waals surface area (Å²) in [5.41, 5.74) is 5.08. The lowest BCUT2D eigenvalue weighted by molar-refractivity contribution is -0.329. The molecule has 10 heteroatoms. The molecule has 5 aromatic carbocycles. The first-order valence-corrected chi connectivity index (χ1v) is 34.6. The van der Waals surface area contributed by atoms with Crippen molar-refractivity contribution in [3.05, 3.63) is 186 Å². The first kappa shape index (κ1) is 71.9. The van der Waals surface area contributed by atoms with Crippen molar-refractivity contribution < 1.29 is 42.7 Å². The van der Waals surface area contributed by atoms with Crippen LogP contribution in [-0.4, -0.2) is 69.1 Å². The topological polar surface area (TPSA) is 103 Å². The SMILES string of the molecule is CCCCCCCCCCCCC/C=C/[C@@H](OCc1ccc(OC)cc1)[C@H](CO[C@H]1O[C@H](COCc2ccccc2)[C@@H](OCc2ccccc2)[C@H](OCc2ccccc2)[C@H]1OCc1ccccc1)NC(=O)CCCCCCCCCCCCCCCCC. The number of rotatable bonds is 51. The van der Waals surface area contributed by atoms with E-state index in [2.05, 4.69) is 79.8 Å². The Bertz CT molecular complexity index is 2460. The molecular weight excluding hydrogens is 1090 g/mol. The molecule has 0 bridgehead atoms. The minimum Gasteiger partial charge on any atom is -0.497 e.